The van der Waals surface area contributed by atoms with Gasteiger partial charge in [0.1, 0.15) is 11.6 Å². The van der Waals surface area contributed by atoms with Crippen LogP contribution in [-0.4, -0.2) is 64.9 Å². The van der Waals surface area contributed by atoms with Gasteiger partial charge < -0.3 is 10.3 Å². The van der Waals surface area contributed by atoms with E-state index in [0.717, 1.165) is 61.9 Å². The summed E-state index contributed by atoms with van der Waals surface area (Å²) in [4.78, 5) is 25.0. The van der Waals surface area contributed by atoms with Crippen LogP contribution >= 0.6 is 0 Å². The molecular weight excluding hydrogens is 405 g/mol. The second-order valence-electron chi connectivity index (χ2n) is 8.31. The number of imidazole rings is 1. The van der Waals surface area contributed by atoms with Crippen LogP contribution < -0.4 is 5.32 Å². The lowest BCUT2D eigenvalue weighted by atomic mass is 10.1. The van der Waals surface area contributed by atoms with Crippen molar-refractivity contribution in [2.45, 2.75) is 19.4 Å². The van der Waals surface area contributed by atoms with Crippen LogP contribution in [0.2, 0.25) is 0 Å². The molecule has 0 aliphatic carbocycles. The Morgan fingerprint density at radius 1 is 1.06 bits per heavy atom. The number of benzene rings is 2. The van der Waals surface area contributed by atoms with Crippen LogP contribution in [0.15, 0.2) is 60.8 Å². The highest BCUT2D eigenvalue weighted by Crippen LogP contribution is 2.19. The normalized spacial score (nSPS) is 16.1. The highest BCUT2D eigenvalue weighted by atomic mass is 19.1. The highest BCUT2D eigenvalue weighted by molar-refractivity contribution is 5.82. The highest BCUT2D eigenvalue weighted by Gasteiger charge is 2.20. The molecule has 1 saturated heterocycles. The molecule has 1 atom stereocenters. The number of nitrogens with zero attached hydrogens (tertiary/aromatic N) is 3. The second kappa shape index (κ2) is 10.5. The number of carbonyl (C=O) groups is 1. The van der Waals surface area contributed by atoms with Crippen molar-refractivity contribution in [3.8, 4) is 11.4 Å². The first-order valence-electron chi connectivity index (χ1n) is 11.2. The number of amides is 1. The van der Waals surface area contributed by atoms with E-state index in [1.165, 1.54) is 12.1 Å². The van der Waals surface area contributed by atoms with Crippen molar-refractivity contribution in [3.05, 3.63) is 77.9 Å². The van der Waals surface area contributed by atoms with Crippen LogP contribution in [0.25, 0.3) is 11.4 Å². The monoisotopic (exact) mass is 435 g/mol. The summed E-state index contributed by atoms with van der Waals surface area (Å²) in [5.74, 6) is 0.300. The van der Waals surface area contributed by atoms with E-state index in [9.17, 15) is 9.18 Å². The van der Waals surface area contributed by atoms with Gasteiger partial charge in [0.2, 0.25) is 5.91 Å². The van der Waals surface area contributed by atoms with E-state index in [1.807, 2.05) is 49.4 Å². The van der Waals surface area contributed by atoms with E-state index in [1.54, 1.807) is 6.20 Å². The Balaban J connectivity index is 1.17. The minimum atomic E-state index is -0.285. The third kappa shape index (κ3) is 5.81. The third-order valence-corrected chi connectivity index (χ3v) is 6.01. The van der Waals surface area contributed by atoms with Gasteiger partial charge in [-0.3, -0.25) is 14.6 Å². The van der Waals surface area contributed by atoms with Gasteiger partial charge in [0.05, 0.1) is 5.92 Å². The molecule has 1 aliphatic heterocycles. The fourth-order valence-electron chi connectivity index (χ4n) is 3.95. The number of nitrogens with one attached hydrogen (secondary N) is 2. The lowest BCUT2D eigenvalue weighted by Gasteiger charge is -2.34. The number of piperazine rings is 1. The molecule has 1 fully saturated rings. The van der Waals surface area contributed by atoms with Gasteiger partial charge in [-0.1, -0.05) is 42.5 Å². The number of H-pyrrole nitrogens is 1. The molecule has 32 heavy (non-hydrogen) atoms. The van der Waals surface area contributed by atoms with Crippen molar-refractivity contribution in [3.63, 3.8) is 0 Å². The molecule has 3 aromatic rings. The van der Waals surface area contributed by atoms with Gasteiger partial charge in [0.15, 0.2) is 0 Å². The Labute approximate surface area is 188 Å². The molecule has 1 aromatic heterocycles. The molecule has 0 saturated carbocycles. The van der Waals surface area contributed by atoms with Crippen molar-refractivity contribution in [1.29, 1.82) is 0 Å². The lowest BCUT2D eigenvalue weighted by Crippen LogP contribution is -2.48. The zero-order valence-corrected chi connectivity index (χ0v) is 18.4. The van der Waals surface area contributed by atoms with Gasteiger partial charge in [-0.2, -0.15) is 0 Å². The predicted octanol–water partition coefficient (Wildman–Crippen LogP) is 3.25. The topological polar surface area (TPSA) is 64.3 Å². The number of carbonyl (C=O) groups excluding carboxylic acids is 1. The molecule has 0 bridgehead atoms. The number of hydrogen-bond donors (Lipinski definition) is 2. The van der Waals surface area contributed by atoms with Crippen LogP contribution in [0, 0.1) is 5.82 Å². The van der Waals surface area contributed by atoms with Crippen molar-refractivity contribution >= 4 is 5.91 Å². The van der Waals surface area contributed by atoms with Crippen LogP contribution in [0.4, 0.5) is 4.39 Å². The van der Waals surface area contributed by atoms with Gasteiger partial charge in [-0.15, -0.1) is 0 Å². The molecule has 7 heteroatoms. The Kier molecular flexibility index (Phi) is 7.29. The molecule has 2 aromatic carbocycles. The van der Waals surface area contributed by atoms with E-state index in [0.29, 0.717) is 6.54 Å². The summed E-state index contributed by atoms with van der Waals surface area (Å²) in [6.45, 7) is 8.07. The zero-order valence-electron chi connectivity index (χ0n) is 18.4. The fraction of sp³-hybridized carbons (Fsp3) is 0.360. The average Bonchev–Trinajstić information content (AvgIpc) is 3.32. The molecule has 1 amide bonds. The maximum Gasteiger partial charge on any atom is 0.228 e. The molecule has 2 heterocycles. The van der Waals surface area contributed by atoms with Crippen LogP contribution in [0.5, 0.6) is 0 Å². The average molecular weight is 436 g/mol. The van der Waals surface area contributed by atoms with Crippen molar-refractivity contribution in [2.75, 3.05) is 39.3 Å². The Morgan fingerprint density at radius 2 is 1.75 bits per heavy atom. The number of rotatable bonds is 8. The predicted molar refractivity (Wildman–Crippen MR) is 124 cm³/mol. The number of aromatic nitrogens is 2. The summed E-state index contributed by atoms with van der Waals surface area (Å²) in [5.41, 5.74) is 2.95. The molecule has 0 radical (unpaired) electrons. The van der Waals surface area contributed by atoms with Crippen molar-refractivity contribution in [1.82, 2.24) is 25.1 Å². The molecule has 0 spiro atoms. The summed E-state index contributed by atoms with van der Waals surface area (Å²) < 4.78 is 13.1. The van der Waals surface area contributed by atoms with Gasteiger partial charge >= 0.3 is 0 Å². The molecule has 168 valence electrons. The maximum absolute atomic E-state index is 13.1. The molecule has 1 aliphatic rings. The summed E-state index contributed by atoms with van der Waals surface area (Å²) in [6.07, 6.45) is 1.74. The third-order valence-electron chi connectivity index (χ3n) is 6.01. The minimum Gasteiger partial charge on any atom is -0.354 e. The summed E-state index contributed by atoms with van der Waals surface area (Å²) >= 11 is 0. The zero-order chi connectivity index (χ0) is 22.3. The van der Waals surface area contributed by atoms with Crippen molar-refractivity contribution in [2.24, 2.45) is 0 Å². The summed E-state index contributed by atoms with van der Waals surface area (Å²) in [6, 6.07) is 16.6. The Morgan fingerprint density at radius 3 is 2.47 bits per heavy atom. The SMILES string of the molecule is CC(C(=O)NCCN1CCN(Cc2ccc(F)cc2)CC1)c1cnc(-c2ccccc2)[nH]1. The minimum absolute atomic E-state index is 0.00297. The van der Waals surface area contributed by atoms with Gasteiger partial charge in [0, 0.05) is 63.3 Å². The van der Waals surface area contributed by atoms with E-state index in [2.05, 4.69) is 25.1 Å². The number of hydrogen-bond acceptors (Lipinski definition) is 4. The van der Waals surface area contributed by atoms with E-state index >= 15 is 0 Å². The Bertz CT molecular complexity index is 997. The first-order valence-corrected chi connectivity index (χ1v) is 11.2. The van der Waals surface area contributed by atoms with Gasteiger partial charge in [-0.05, 0) is 24.6 Å². The van der Waals surface area contributed by atoms with E-state index in [4.69, 9.17) is 0 Å². The quantitative estimate of drug-likeness (QED) is 0.570. The molecule has 1 unspecified atom stereocenters. The first kappa shape index (κ1) is 22.2. The molecule has 4 rings (SSSR count). The molecular formula is C25H30FN5O. The van der Waals surface area contributed by atoms with Crippen LogP contribution in [-0.2, 0) is 11.3 Å². The summed E-state index contributed by atoms with van der Waals surface area (Å²) in [5, 5.41) is 3.06. The first-order chi connectivity index (χ1) is 15.6. The summed E-state index contributed by atoms with van der Waals surface area (Å²) in [7, 11) is 0. The molecule has 6 nitrogen and oxygen atoms in total. The lowest BCUT2D eigenvalue weighted by molar-refractivity contribution is -0.122. The smallest absolute Gasteiger partial charge is 0.228 e. The van der Waals surface area contributed by atoms with Gasteiger partial charge in [0.25, 0.3) is 0 Å². The molecule has 2 N–H and O–H groups in total. The van der Waals surface area contributed by atoms with Gasteiger partial charge in [-0.25, -0.2) is 9.37 Å². The number of aromatic amines is 1. The second-order valence-corrected chi connectivity index (χ2v) is 8.31. The largest absolute Gasteiger partial charge is 0.354 e. The Hall–Kier alpha value is -3.03. The van der Waals surface area contributed by atoms with Crippen LogP contribution in [0.1, 0.15) is 24.1 Å². The number of halogens is 1. The standard InChI is InChI=1S/C25H30FN5O/c1-19(23-17-28-24(29-23)21-5-3-2-4-6-21)25(32)27-11-12-30-13-15-31(16-14-30)18-20-7-9-22(26)10-8-20/h2-10,17,19H,11-16,18H2,1H3,(H,27,32)(H,28,29). The van der Waals surface area contributed by atoms with Crippen molar-refractivity contribution < 1.29 is 9.18 Å². The van der Waals surface area contributed by atoms with E-state index in [-0.39, 0.29) is 17.6 Å². The van der Waals surface area contributed by atoms with Crippen LogP contribution in [0.3, 0.4) is 0 Å². The fourth-order valence-corrected chi connectivity index (χ4v) is 3.95. The maximum atomic E-state index is 13.1. The van der Waals surface area contributed by atoms with E-state index < -0.39 is 0 Å².